The van der Waals surface area contributed by atoms with Gasteiger partial charge < -0.3 is 19.9 Å². The average molecular weight is 456 g/mol. The summed E-state index contributed by atoms with van der Waals surface area (Å²) < 4.78 is 20.7. The van der Waals surface area contributed by atoms with Gasteiger partial charge in [-0.25, -0.2) is 4.39 Å². The van der Waals surface area contributed by atoms with Gasteiger partial charge in [-0.3, -0.25) is 9.59 Å². The van der Waals surface area contributed by atoms with Crippen molar-refractivity contribution in [3.8, 4) is 0 Å². The third kappa shape index (κ3) is 5.69. The summed E-state index contributed by atoms with van der Waals surface area (Å²) in [4.78, 5) is 25.5. The van der Waals surface area contributed by atoms with Crippen LogP contribution in [0.15, 0.2) is 59.6 Å². The van der Waals surface area contributed by atoms with E-state index in [-0.39, 0.29) is 23.7 Å². The van der Waals surface area contributed by atoms with E-state index in [9.17, 15) is 14.0 Å². The number of hydrogen-bond acceptors (Lipinski definition) is 4. The number of thioether (sulfide) groups is 1. The lowest BCUT2D eigenvalue weighted by atomic mass is 10.2. The Morgan fingerprint density at radius 3 is 2.72 bits per heavy atom. The summed E-state index contributed by atoms with van der Waals surface area (Å²) in [7, 11) is 0. The summed E-state index contributed by atoms with van der Waals surface area (Å²) in [6, 6.07) is 13.5. The lowest BCUT2D eigenvalue weighted by Crippen LogP contribution is -2.32. The molecule has 1 aliphatic heterocycles. The van der Waals surface area contributed by atoms with E-state index >= 15 is 0 Å². The summed E-state index contributed by atoms with van der Waals surface area (Å²) in [6.07, 6.45) is 4.21. The number of amides is 2. The Bertz CT molecular complexity index is 1080. The van der Waals surface area contributed by atoms with Gasteiger partial charge in [0.1, 0.15) is 5.82 Å². The normalized spacial score (nSPS) is 15.7. The lowest BCUT2D eigenvalue weighted by molar-refractivity contribution is -0.119. The first-order valence-electron chi connectivity index (χ1n) is 10.7. The number of hydrogen-bond donors (Lipinski definition) is 2. The molecular formula is C24H26FN3O3S. The molecule has 0 unspecified atom stereocenters. The van der Waals surface area contributed by atoms with E-state index in [0.717, 1.165) is 35.2 Å². The van der Waals surface area contributed by atoms with Crippen molar-refractivity contribution < 1.29 is 18.7 Å². The van der Waals surface area contributed by atoms with Crippen molar-refractivity contribution in [2.75, 3.05) is 25.4 Å². The fraction of sp³-hybridized carbons (Fsp3) is 0.333. The minimum absolute atomic E-state index is 0.00566. The van der Waals surface area contributed by atoms with Crippen LogP contribution >= 0.6 is 11.8 Å². The number of aromatic nitrogens is 1. The van der Waals surface area contributed by atoms with Crippen LogP contribution in [-0.2, 0) is 16.1 Å². The second kappa shape index (κ2) is 10.7. The highest BCUT2D eigenvalue weighted by atomic mass is 32.2. The Kier molecular flexibility index (Phi) is 7.44. The monoisotopic (exact) mass is 455 g/mol. The van der Waals surface area contributed by atoms with Crippen molar-refractivity contribution >= 4 is 34.5 Å². The third-order valence-electron chi connectivity index (χ3n) is 5.41. The number of para-hydroxylation sites is 1. The predicted octanol–water partition coefficient (Wildman–Crippen LogP) is 3.60. The summed E-state index contributed by atoms with van der Waals surface area (Å²) in [5.74, 6) is -0.277. The van der Waals surface area contributed by atoms with Gasteiger partial charge in [0.05, 0.1) is 11.9 Å². The molecule has 1 aliphatic rings. The van der Waals surface area contributed by atoms with E-state index in [4.69, 9.17) is 4.74 Å². The molecule has 1 saturated heterocycles. The number of benzene rings is 2. The molecule has 2 aromatic carbocycles. The van der Waals surface area contributed by atoms with Crippen LogP contribution in [0.4, 0.5) is 4.39 Å². The molecule has 1 atom stereocenters. The highest BCUT2D eigenvalue weighted by Crippen LogP contribution is 2.29. The van der Waals surface area contributed by atoms with E-state index in [1.54, 1.807) is 0 Å². The zero-order valence-electron chi connectivity index (χ0n) is 17.7. The number of ether oxygens (including phenoxy) is 1. The van der Waals surface area contributed by atoms with Crippen LogP contribution in [0.25, 0.3) is 10.9 Å². The molecule has 4 rings (SSSR count). The van der Waals surface area contributed by atoms with E-state index in [2.05, 4.69) is 15.2 Å². The number of fused-ring (bicyclic) bond motifs is 1. The number of halogens is 1. The van der Waals surface area contributed by atoms with Gasteiger partial charge in [-0.15, -0.1) is 11.8 Å². The lowest BCUT2D eigenvalue weighted by Gasteiger charge is -2.10. The van der Waals surface area contributed by atoms with Gasteiger partial charge in [0.15, 0.2) is 0 Å². The van der Waals surface area contributed by atoms with Crippen LogP contribution in [0.5, 0.6) is 0 Å². The molecular weight excluding hydrogens is 429 g/mol. The van der Waals surface area contributed by atoms with Gasteiger partial charge in [-0.05, 0) is 43.2 Å². The number of carbonyl (C=O) groups is 2. The van der Waals surface area contributed by atoms with E-state index < -0.39 is 0 Å². The zero-order chi connectivity index (χ0) is 22.3. The number of rotatable bonds is 9. The minimum atomic E-state index is -0.369. The first-order valence-corrected chi connectivity index (χ1v) is 11.7. The van der Waals surface area contributed by atoms with Crippen molar-refractivity contribution in [1.82, 2.24) is 15.2 Å². The summed E-state index contributed by atoms with van der Waals surface area (Å²) in [5.41, 5.74) is 1.47. The maximum absolute atomic E-state index is 13.0. The Balaban J connectivity index is 1.33. The molecule has 2 heterocycles. The van der Waals surface area contributed by atoms with Crippen LogP contribution in [0, 0.1) is 5.82 Å². The first kappa shape index (κ1) is 22.4. The predicted molar refractivity (Wildman–Crippen MR) is 123 cm³/mol. The maximum atomic E-state index is 13.0. The van der Waals surface area contributed by atoms with Gasteiger partial charge in [-0.1, -0.05) is 18.2 Å². The number of nitrogens with zero attached hydrogens (tertiary/aromatic N) is 1. The van der Waals surface area contributed by atoms with E-state index in [0.29, 0.717) is 31.0 Å². The Morgan fingerprint density at radius 1 is 1.12 bits per heavy atom. The van der Waals surface area contributed by atoms with E-state index in [1.807, 2.05) is 30.5 Å². The van der Waals surface area contributed by atoms with Gasteiger partial charge in [0.2, 0.25) is 5.91 Å². The standard InChI is InChI=1S/C24H26FN3O3S/c25-18-9-7-17(8-10-18)24(30)26-11-12-28-15-22(20-5-1-2-6-21(20)28)32-16-23(29)27-14-19-4-3-13-31-19/h1-2,5-10,15,19H,3-4,11-14,16H2,(H,26,30)(H,27,29)/t19-/m1/s1. The molecule has 0 spiro atoms. The summed E-state index contributed by atoms with van der Waals surface area (Å²) in [6.45, 7) is 2.36. The molecule has 0 saturated carbocycles. The topological polar surface area (TPSA) is 72.4 Å². The molecule has 2 N–H and O–H groups in total. The van der Waals surface area contributed by atoms with Crippen molar-refractivity contribution in [1.29, 1.82) is 0 Å². The second-order valence-electron chi connectivity index (χ2n) is 7.69. The minimum Gasteiger partial charge on any atom is -0.376 e. The zero-order valence-corrected chi connectivity index (χ0v) is 18.5. The van der Waals surface area contributed by atoms with Crippen LogP contribution in [0.3, 0.4) is 0 Å². The molecule has 168 valence electrons. The molecule has 0 aliphatic carbocycles. The van der Waals surface area contributed by atoms with Gasteiger partial charge >= 0.3 is 0 Å². The van der Waals surface area contributed by atoms with E-state index in [1.165, 1.54) is 36.0 Å². The van der Waals surface area contributed by atoms with Crippen LogP contribution in [-0.4, -0.2) is 47.9 Å². The third-order valence-corrected chi connectivity index (χ3v) is 6.45. The first-order chi connectivity index (χ1) is 15.6. The largest absolute Gasteiger partial charge is 0.376 e. The average Bonchev–Trinajstić information content (AvgIpc) is 3.45. The summed E-state index contributed by atoms with van der Waals surface area (Å²) >= 11 is 1.50. The molecule has 3 aromatic rings. The fourth-order valence-corrected chi connectivity index (χ4v) is 4.65. The smallest absolute Gasteiger partial charge is 0.251 e. The van der Waals surface area contributed by atoms with Crippen LogP contribution in [0.2, 0.25) is 0 Å². The quantitative estimate of drug-likeness (QED) is 0.484. The van der Waals surface area contributed by atoms with Gasteiger partial charge in [-0.2, -0.15) is 0 Å². The van der Waals surface area contributed by atoms with Crippen molar-refractivity contribution in [3.63, 3.8) is 0 Å². The number of carbonyl (C=O) groups excluding carboxylic acids is 2. The molecule has 1 fully saturated rings. The molecule has 6 nitrogen and oxygen atoms in total. The molecule has 0 bridgehead atoms. The van der Waals surface area contributed by atoms with Gasteiger partial charge in [0, 0.05) is 53.8 Å². The van der Waals surface area contributed by atoms with Crippen molar-refractivity contribution in [3.05, 3.63) is 66.1 Å². The Labute approximate surface area is 190 Å². The molecule has 8 heteroatoms. The SMILES string of the molecule is O=C(CSc1cn(CCNC(=O)c2ccc(F)cc2)c2ccccc12)NC[C@H]1CCCO1. The highest BCUT2D eigenvalue weighted by Gasteiger charge is 2.17. The number of nitrogens with one attached hydrogen (secondary N) is 2. The van der Waals surface area contributed by atoms with Crippen LogP contribution in [0.1, 0.15) is 23.2 Å². The van der Waals surface area contributed by atoms with Crippen LogP contribution < -0.4 is 10.6 Å². The molecule has 0 radical (unpaired) electrons. The Morgan fingerprint density at radius 2 is 1.94 bits per heavy atom. The van der Waals surface area contributed by atoms with Crippen molar-refractivity contribution in [2.24, 2.45) is 0 Å². The molecule has 32 heavy (non-hydrogen) atoms. The maximum Gasteiger partial charge on any atom is 0.251 e. The molecule has 1 aromatic heterocycles. The highest BCUT2D eigenvalue weighted by molar-refractivity contribution is 8.00. The Hall–Kier alpha value is -2.84. The van der Waals surface area contributed by atoms with Gasteiger partial charge in [0.25, 0.3) is 5.91 Å². The second-order valence-corrected chi connectivity index (χ2v) is 8.71. The molecule has 2 amide bonds. The van der Waals surface area contributed by atoms with Crippen molar-refractivity contribution in [2.45, 2.75) is 30.4 Å². The fourth-order valence-electron chi connectivity index (χ4n) is 3.73. The summed E-state index contributed by atoms with van der Waals surface area (Å²) in [5, 5.41) is 6.90.